The van der Waals surface area contributed by atoms with Gasteiger partial charge < -0.3 is 0 Å². The fourth-order valence-electron chi connectivity index (χ4n) is 4.36. The molecular weight excluding hydrogens is 357 g/mol. The standard InChI is InChI=1S/C26H29NP/c1-5-13-23(14-6-1)27-21-22-28(24-15-7-2-8-16-24,25-17-9-3-10-18-25)26-19-11-4-12-20-26/h2-4,7-12,15-21,23H,1,5-6,13-14,22H2/q+1. The Labute approximate surface area is 169 Å². The van der Waals surface area contributed by atoms with Crippen molar-refractivity contribution in [3.05, 3.63) is 91.0 Å². The zero-order chi connectivity index (χ0) is 19.1. The molecule has 0 bridgehead atoms. The van der Waals surface area contributed by atoms with Crippen LogP contribution in [0.5, 0.6) is 0 Å². The highest BCUT2D eigenvalue weighted by molar-refractivity contribution is 7.96. The molecule has 2 heteroatoms. The minimum atomic E-state index is -1.77. The van der Waals surface area contributed by atoms with Crippen molar-refractivity contribution in [2.75, 3.05) is 6.16 Å². The Bertz CT molecular complexity index is 771. The molecule has 0 aliphatic heterocycles. The molecule has 0 radical (unpaired) electrons. The van der Waals surface area contributed by atoms with Gasteiger partial charge in [-0.1, -0.05) is 73.9 Å². The van der Waals surface area contributed by atoms with E-state index in [0.717, 1.165) is 6.16 Å². The molecule has 142 valence electrons. The molecule has 0 N–H and O–H groups in total. The van der Waals surface area contributed by atoms with Crippen LogP contribution < -0.4 is 15.9 Å². The van der Waals surface area contributed by atoms with Gasteiger partial charge in [-0.15, -0.1) is 0 Å². The molecule has 3 aromatic carbocycles. The van der Waals surface area contributed by atoms with Crippen molar-refractivity contribution in [1.29, 1.82) is 0 Å². The summed E-state index contributed by atoms with van der Waals surface area (Å²) in [6.45, 7) is 0. The van der Waals surface area contributed by atoms with Crippen molar-refractivity contribution in [3.63, 3.8) is 0 Å². The summed E-state index contributed by atoms with van der Waals surface area (Å²) in [5, 5.41) is 4.30. The van der Waals surface area contributed by atoms with E-state index in [2.05, 4.69) is 97.2 Å². The van der Waals surface area contributed by atoms with E-state index in [1.165, 1.54) is 48.0 Å². The number of hydrogen-bond acceptors (Lipinski definition) is 1. The lowest BCUT2D eigenvalue weighted by Gasteiger charge is -2.26. The Morgan fingerprint density at radius 1 is 0.643 bits per heavy atom. The van der Waals surface area contributed by atoms with Crippen LogP contribution in [0.3, 0.4) is 0 Å². The predicted octanol–water partition coefficient (Wildman–Crippen LogP) is 5.38. The van der Waals surface area contributed by atoms with Crippen LogP contribution >= 0.6 is 7.26 Å². The highest BCUT2D eigenvalue weighted by atomic mass is 31.2. The molecule has 0 heterocycles. The molecule has 1 aliphatic carbocycles. The molecule has 1 saturated carbocycles. The van der Waals surface area contributed by atoms with Crippen molar-refractivity contribution in [1.82, 2.24) is 0 Å². The summed E-state index contributed by atoms with van der Waals surface area (Å²) in [7, 11) is -1.77. The van der Waals surface area contributed by atoms with Gasteiger partial charge in [0.25, 0.3) is 0 Å². The molecule has 0 atom stereocenters. The van der Waals surface area contributed by atoms with Crippen LogP contribution in [0.15, 0.2) is 96.0 Å². The maximum atomic E-state index is 5.05. The SMILES string of the molecule is C(C[P+](c1ccccc1)(c1ccccc1)c1ccccc1)=NC1CCCCC1. The summed E-state index contributed by atoms with van der Waals surface area (Å²) in [5.74, 6) is 0. The Morgan fingerprint density at radius 3 is 1.50 bits per heavy atom. The van der Waals surface area contributed by atoms with Gasteiger partial charge in [0, 0.05) is 12.3 Å². The molecule has 1 nitrogen and oxygen atoms in total. The molecule has 0 aromatic heterocycles. The van der Waals surface area contributed by atoms with E-state index in [4.69, 9.17) is 4.99 Å². The Hall–Kier alpha value is -2.24. The van der Waals surface area contributed by atoms with Crippen LogP contribution in [0, 0.1) is 0 Å². The lowest BCUT2D eigenvalue weighted by atomic mass is 9.96. The minimum Gasteiger partial charge on any atom is -0.290 e. The molecule has 0 unspecified atom stereocenters. The number of benzene rings is 3. The van der Waals surface area contributed by atoms with E-state index in [1.807, 2.05) is 0 Å². The molecule has 3 aromatic rings. The van der Waals surface area contributed by atoms with Gasteiger partial charge in [0.15, 0.2) is 0 Å². The third-order valence-corrected chi connectivity index (χ3v) is 10.1. The average Bonchev–Trinajstić information content (AvgIpc) is 2.79. The van der Waals surface area contributed by atoms with Crippen LogP contribution in [-0.4, -0.2) is 18.4 Å². The highest BCUT2D eigenvalue weighted by Gasteiger charge is 2.44. The predicted molar refractivity (Wildman–Crippen MR) is 125 cm³/mol. The van der Waals surface area contributed by atoms with Gasteiger partial charge in [-0.25, -0.2) is 0 Å². The largest absolute Gasteiger partial charge is 0.290 e. The number of hydrogen-bond donors (Lipinski definition) is 0. The number of rotatable bonds is 6. The van der Waals surface area contributed by atoms with Crippen LogP contribution in [-0.2, 0) is 0 Å². The molecule has 1 aliphatic rings. The molecular formula is C26H29NP+. The van der Waals surface area contributed by atoms with Crippen LogP contribution in [0.1, 0.15) is 32.1 Å². The van der Waals surface area contributed by atoms with Gasteiger partial charge in [-0.3, -0.25) is 4.99 Å². The zero-order valence-corrected chi connectivity index (χ0v) is 17.3. The summed E-state index contributed by atoms with van der Waals surface area (Å²) in [5.41, 5.74) is 0. The summed E-state index contributed by atoms with van der Waals surface area (Å²) >= 11 is 0. The van der Waals surface area contributed by atoms with Gasteiger partial charge in [0.1, 0.15) is 29.3 Å². The lowest BCUT2D eigenvalue weighted by Crippen LogP contribution is -2.34. The zero-order valence-electron chi connectivity index (χ0n) is 16.5. The Balaban J connectivity index is 1.80. The fraction of sp³-hybridized carbons (Fsp3) is 0.269. The third-order valence-electron chi connectivity index (χ3n) is 5.84. The molecule has 1 fully saturated rings. The average molecular weight is 386 g/mol. The molecule has 4 rings (SSSR count). The summed E-state index contributed by atoms with van der Waals surface area (Å²) in [6, 6.07) is 33.8. The van der Waals surface area contributed by atoms with Crippen LogP contribution in [0.2, 0.25) is 0 Å². The smallest absolute Gasteiger partial charge is 0.117 e. The lowest BCUT2D eigenvalue weighted by molar-refractivity contribution is 0.444. The van der Waals surface area contributed by atoms with Crippen molar-refractivity contribution >= 4 is 29.4 Å². The first kappa shape index (κ1) is 19.1. The fourth-order valence-corrected chi connectivity index (χ4v) is 8.27. The van der Waals surface area contributed by atoms with Crippen molar-refractivity contribution in [2.45, 2.75) is 38.1 Å². The molecule has 0 saturated heterocycles. The van der Waals surface area contributed by atoms with E-state index >= 15 is 0 Å². The van der Waals surface area contributed by atoms with E-state index in [0.29, 0.717) is 6.04 Å². The van der Waals surface area contributed by atoms with E-state index in [9.17, 15) is 0 Å². The van der Waals surface area contributed by atoms with Crippen molar-refractivity contribution < 1.29 is 0 Å². The second kappa shape index (κ2) is 9.30. The minimum absolute atomic E-state index is 0.526. The topological polar surface area (TPSA) is 12.4 Å². The summed E-state index contributed by atoms with van der Waals surface area (Å²) in [4.78, 5) is 5.05. The maximum Gasteiger partial charge on any atom is 0.117 e. The monoisotopic (exact) mass is 386 g/mol. The second-order valence-electron chi connectivity index (χ2n) is 7.62. The summed E-state index contributed by atoms with van der Waals surface area (Å²) in [6.07, 6.45) is 9.80. The second-order valence-corrected chi connectivity index (χ2v) is 11.2. The first-order valence-corrected chi connectivity index (χ1v) is 12.4. The third kappa shape index (κ3) is 4.10. The molecule has 0 amide bonds. The van der Waals surface area contributed by atoms with Gasteiger partial charge in [-0.2, -0.15) is 0 Å². The molecule has 28 heavy (non-hydrogen) atoms. The van der Waals surface area contributed by atoms with Gasteiger partial charge in [-0.05, 0) is 49.2 Å². The van der Waals surface area contributed by atoms with Crippen LogP contribution in [0.4, 0.5) is 0 Å². The van der Waals surface area contributed by atoms with Gasteiger partial charge >= 0.3 is 0 Å². The van der Waals surface area contributed by atoms with E-state index in [1.54, 1.807) is 0 Å². The van der Waals surface area contributed by atoms with E-state index in [-0.39, 0.29) is 0 Å². The van der Waals surface area contributed by atoms with Gasteiger partial charge in [0.2, 0.25) is 0 Å². The highest BCUT2D eigenvalue weighted by Crippen LogP contribution is 2.54. The maximum absolute atomic E-state index is 5.05. The van der Waals surface area contributed by atoms with Crippen LogP contribution in [0.25, 0.3) is 0 Å². The van der Waals surface area contributed by atoms with Crippen molar-refractivity contribution in [2.24, 2.45) is 4.99 Å². The number of aliphatic imine (C=N–C) groups is 1. The molecule has 0 spiro atoms. The summed E-state index contributed by atoms with van der Waals surface area (Å²) < 4.78 is 0. The first-order chi connectivity index (χ1) is 13.9. The first-order valence-electron chi connectivity index (χ1n) is 10.5. The van der Waals surface area contributed by atoms with E-state index < -0.39 is 7.26 Å². The van der Waals surface area contributed by atoms with Crippen molar-refractivity contribution in [3.8, 4) is 0 Å². The Kier molecular flexibility index (Phi) is 6.34. The normalized spacial score (nSPS) is 15.7. The van der Waals surface area contributed by atoms with Gasteiger partial charge in [0.05, 0.1) is 0 Å². The Morgan fingerprint density at radius 2 is 1.07 bits per heavy atom. The number of nitrogens with zero attached hydrogens (tertiary/aromatic N) is 1. The quantitative estimate of drug-likeness (QED) is 0.398.